The van der Waals surface area contributed by atoms with E-state index < -0.39 is 0 Å². The van der Waals surface area contributed by atoms with E-state index in [2.05, 4.69) is 63.4 Å². The normalized spacial score (nSPS) is 15.4. The summed E-state index contributed by atoms with van der Waals surface area (Å²) in [4.78, 5) is 22.3. The van der Waals surface area contributed by atoms with Gasteiger partial charge in [-0.25, -0.2) is 9.50 Å². The van der Waals surface area contributed by atoms with Gasteiger partial charge in [-0.15, -0.1) is 0 Å². The molecule has 1 fully saturated rings. The Morgan fingerprint density at radius 1 is 1.25 bits per heavy atom. The van der Waals surface area contributed by atoms with Gasteiger partial charge in [0.25, 0.3) is 0 Å². The molecule has 0 radical (unpaired) electrons. The molecule has 4 heterocycles. The van der Waals surface area contributed by atoms with Gasteiger partial charge >= 0.3 is 0 Å². The second-order valence-corrected chi connectivity index (χ2v) is 10.1. The molecule has 0 atom stereocenters. The number of fused-ring (bicyclic) bond motifs is 2. The molecule has 0 saturated carbocycles. The SMILES string of the molecule is CCNC(=O)CN1CCC(c2ccc3[nH]c(-c4cc(COC)c5ncnn5c4)c(C(C)C)c3c2)CC1. The molecule has 1 aromatic carbocycles. The fourth-order valence-corrected chi connectivity index (χ4v) is 5.59. The second-order valence-electron chi connectivity index (χ2n) is 10.1. The highest BCUT2D eigenvalue weighted by Crippen LogP contribution is 2.38. The van der Waals surface area contributed by atoms with Crippen LogP contribution in [0.2, 0.25) is 0 Å². The summed E-state index contributed by atoms with van der Waals surface area (Å²) in [6.07, 6.45) is 5.77. The van der Waals surface area contributed by atoms with E-state index in [4.69, 9.17) is 4.74 Å². The number of likely N-dealkylation sites (N-methyl/N-ethyl adjacent to an activating group) is 1. The molecule has 1 amide bonds. The Morgan fingerprint density at radius 2 is 2.06 bits per heavy atom. The summed E-state index contributed by atoms with van der Waals surface area (Å²) in [5.74, 6) is 0.981. The largest absolute Gasteiger partial charge is 0.380 e. The maximum Gasteiger partial charge on any atom is 0.234 e. The lowest BCUT2D eigenvalue weighted by Gasteiger charge is -2.31. The first-order valence-electron chi connectivity index (χ1n) is 12.9. The molecule has 5 rings (SSSR count). The molecule has 0 bridgehead atoms. The molecule has 1 aliphatic heterocycles. The van der Waals surface area contributed by atoms with Crippen molar-refractivity contribution in [1.29, 1.82) is 0 Å². The van der Waals surface area contributed by atoms with E-state index in [0.29, 0.717) is 31.5 Å². The number of carbonyl (C=O) groups excluding carboxylic acids is 1. The number of amides is 1. The van der Waals surface area contributed by atoms with Gasteiger partial charge in [-0.3, -0.25) is 9.69 Å². The number of pyridine rings is 1. The molecule has 0 aliphatic carbocycles. The highest BCUT2D eigenvalue weighted by atomic mass is 16.5. The Morgan fingerprint density at radius 3 is 2.78 bits per heavy atom. The minimum atomic E-state index is 0.122. The number of piperidine rings is 1. The quantitative estimate of drug-likeness (QED) is 0.382. The number of aromatic nitrogens is 4. The summed E-state index contributed by atoms with van der Waals surface area (Å²) >= 11 is 0. The van der Waals surface area contributed by atoms with E-state index in [1.165, 1.54) is 16.5 Å². The summed E-state index contributed by atoms with van der Waals surface area (Å²) < 4.78 is 7.27. The van der Waals surface area contributed by atoms with Crippen LogP contribution in [0.15, 0.2) is 36.8 Å². The van der Waals surface area contributed by atoms with Gasteiger partial charge in [0.2, 0.25) is 5.91 Å². The van der Waals surface area contributed by atoms with Crippen LogP contribution in [-0.4, -0.2) is 63.7 Å². The minimum Gasteiger partial charge on any atom is -0.380 e. The molecular weight excluding hydrogens is 452 g/mol. The van der Waals surface area contributed by atoms with E-state index in [0.717, 1.165) is 53.9 Å². The van der Waals surface area contributed by atoms with Gasteiger partial charge in [0, 0.05) is 41.9 Å². The number of rotatable bonds is 8. The third-order valence-corrected chi connectivity index (χ3v) is 7.28. The van der Waals surface area contributed by atoms with Crippen molar-refractivity contribution in [2.24, 2.45) is 0 Å². The molecule has 1 saturated heterocycles. The van der Waals surface area contributed by atoms with Crippen LogP contribution in [-0.2, 0) is 16.1 Å². The Kier molecular flexibility index (Phi) is 7.07. The molecule has 0 spiro atoms. The van der Waals surface area contributed by atoms with Gasteiger partial charge in [0.05, 0.1) is 18.8 Å². The lowest BCUT2D eigenvalue weighted by molar-refractivity contribution is -0.122. The van der Waals surface area contributed by atoms with Crippen LogP contribution in [0, 0.1) is 0 Å². The minimum absolute atomic E-state index is 0.122. The monoisotopic (exact) mass is 488 g/mol. The van der Waals surface area contributed by atoms with Crippen LogP contribution in [0.3, 0.4) is 0 Å². The molecule has 190 valence electrons. The number of hydrogen-bond acceptors (Lipinski definition) is 5. The van der Waals surface area contributed by atoms with Crippen molar-refractivity contribution >= 4 is 22.5 Å². The van der Waals surface area contributed by atoms with E-state index in [9.17, 15) is 4.79 Å². The third-order valence-electron chi connectivity index (χ3n) is 7.28. The number of ether oxygens (including phenoxy) is 1. The topological polar surface area (TPSA) is 87.5 Å². The first-order valence-corrected chi connectivity index (χ1v) is 12.9. The highest BCUT2D eigenvalue weighted by Gasteiger charge is 2.24. The van der Waals surface area contributed by atoms with E-state index >= 15 is 0 Å². The zero-order valence-electron chi connectivity index (χ0n) is 21.7. The predicted octanol–water partition coefficient (Wildman–Crippen LogP) is 4.46. The number of methoxy groups -OCH3 is 1. The maximum absolute atomic E-state index is 12.0. The molecule has 8 heteroatoms. The van der Waals surface area contributed by atoms with Gasteiger partial charge in [-0.2, -0.15) is 5.10 Å². The third kappa shape index (κ3) is 4.75. The van der Waals surface area contributed by atoms with Gasteiger partial charge in [-0.1, -0.05) is 19.9 Å². The predicted molar refractivity (Wildman–Crippen MR) is 142 cm³/mol. The summed E-state index contributed by atoms with van der Waals surface area (Å²) in [6.45, 7) is 10.0. The fraction of sp³-hybridized carbons (Fsp3) is 0.464. The fourth-order valence-electron chi connectivity index (χ4n) is 5.59. The average Bonchev–Trinajstić information content (AvgIpc) is 3.49. The zero-order chi connectivity index (χ0) is 25.2. The number of hydrogen-bond donors (Lipinski definition) is 2. The maximum atomic E-state index is 12.0. The van der Waals surface area contributed by atoms with Crippen molar-refractivity contribution in [3.8, 4) is 11.3 Å². The van der Waals surface area contributed by atoms with Gasteiger partial charge in [0.1, 0.15) is 6.33 Å². The molecule has 0 unspecified atom stereocenters. The van der Waals surface area contributed by atoms with Crippen LogP contribution in [0.4, 0.5) is 0 Å². The second kappa shape index (κ2) is 10.4. The number of H-pyrrole nitrogens is 1. The molecule has 2 N–H and O–H groups in total. The summed E-state index contributed by atoms with van der Waals surface area (Å²) in [5.41, 5.74) is 7.91. The van der Waals surface area contributed by atoms with Crippen molar-refractivity contribution in [2.45, 2.75) is 52.1 Å². The van der Waals surface area contributed by atoms with E-state index in [-0.39, 0.29) is 5.91 Å². The van der Waals surface area contributed by atoms with Crippen LogP contribution in [0.25, 0.3) is 27.8 Å². The molecule has 36 heavy (non-hydrogen) atoms. The number of likely N-dealkylation sites (tertiary alicyclic amines) is 1. The Balaban J connectivity index is 1.46. The van der Waals surface area contributed by atoms with Crippen molar-refractivity contribution in [1.82, 2.24) is 29.8 Å². The molecule has 3 aromatic heterocycles. The summed E-state index contributed by atoms with van der Waals surface area (Å²) in [7, 11) is 1.70. The summed E-state index contributed by atoms with van der Waals surface area (Å²) in [5, 5.41) is 8.59. The Hall–Kier alpha value is -3.23. The van der Waals surface area contributed by atoms with Crippen LogP contribution >= 0.6 is 0 Å². The Bertz CT molecular complexity index is 1360. The Labute approximate surface area is 212 Å². The molecule has 4 aromatic rings. The molecule has 8 nitrogen and oxygen atoms in total. The number of aromatic amines is 1. The van der Waals surface area contributed by atoms with E-state index in [1.54, 1.807) is 13.4 Å². The van der Waals surface area contributed by atoms with Gasteiger partial charge in [-0.05, 0) is 74.0 Å². The number of benzene rings is 1. The highest BCUT2D eigenvalue weighted by molar-refractivity contribution is 5.92. The smallest absolute Gasteiger partial charge is 0.234 e. The summed E-state index contributed by atoms with van der Waals surface area (Å²) in [6, 6.07) is 9.05. The molecule has 1 aliphatic rings. The molecular formula is C28H36N6O2. The first-order chi connectivity index (χ1) is 17.5. The van der Waals surface area contributed by atoms with Crippen molar-refractivity contribution in [3.63, 3.8) is 0 Å². The number of nitrogens with zero attached hydrogens (tertiary/aromatic N) is 4. The van der Waals surface area contributed by atoms with Crippen molar-refractivity contribution < 1.29 is 9.53 Å². The standard InChI is InChI=1S/C28H36N6O2/c1-5-29-25(35)15-33-10-8-19(9-11-33)20-6-7-24-23(13-20)26(18(2)3)27(32-24)21-12-22(16-36-4)28-30-17-31-34(28)14-21/h6-7,12-14,17-19,32H,5,8-11,15-16H2,1-4H3,(H,29,35). The van der Waals surface area contributed by atoms with Gasteiger partial charge < -0.3 is 15.0 Å². The first kappa shape index (κ1) is 24.5. The number of carbonyl (C=O) groups is 1. The average molecular weight is 489 g/mol. The zero-order valence-corrected chi connectivity index (χ0v) is 21.7. The lowest BCUT2D eigenvalue weighted by atomic mass is 9.87. The van der Waals surface area contributed by atoms with E-state index in [1.807, 2.05) is 17.6 Å². The van der Waals surface area contributed by atoms with Crippen LogP contribution in [0.5, 0.6) is 0 Å². The van der Waals surface area contributed by atoms with Crippen molar-refractivity contribution in [2.75, 3.05) is 33.3 Å². The van der Waals surface area contributed by atoms with Crippen LogP contribution < -0.4 is 5.32 Å². The number of nitrogens with one attached hydrogen (secondary N) is 2. The van der Waals surface area contributed by atoms with Crippen LogP contribution in [0.1, 0.15) is 62.1 Å². The van der Waals surface area contributed by atoms with Crippen molar-refractivity contribution in [3.05, 3.63) is 53.5 Å². The van der Waals surface area contributed by atoms with Gasteiger partial charge in [0.15, 0.2) is 5.65 Å². The lowest BCUT2D eigenvalue weighted by Crippen LogP contribution is -2.41.